The number of nitrogens with one attached hydrogen (secondary N) is 2. The van der Waals surface area contributed by atoms with Gasteiger partial charge in [-0.2, -0.15) is 0 Å². The lowest BCUT2D eigenvalue weighted by atomic mass is 10.4. The first-order chi connectivity index (χ1) is 6.33. The molecule has 0 saturated carbocycles. The van der Waals surface area contributed by atoms with E-state index in [0.717, 1.165) is 0 Å². The van der Waals surface area contributed by atoms with E-state index in [-0.39, 0.29) is 5.91 Å². The molecule has 0 spiro atoms. The largest absolute Gasteiger partial charge is 0.319 e. The summed E-state index contributed by atoms with van der Waals surface area (Å²) in [5.41, 5.74) is 0. The Balaban J connectivity index is 2.37. The maximum absolute atomic E-state index is 11.2. The van der Waals surface area contributed by atoms with E-state index in [1.807, 2.05) is 0 Å². The lowest BCUT2D eigenvalue weighted by Gasteiger charge is -2.02. The van der Waals surface area contributed by atoms with Gasteiger partial charge in [0.05, 0.1) is 0 Å². The Kier molecular flexibility index (Phi) is 3.84. The minimum Gasteiger partial charge on any atom is -0.319 e. The van der Waals surface area contributed by atoms with Crippen molar-refractivity contribution in [2.45, 2.75) is 6.42 Å². The summed E-state index contributed by atoms with van der Waals surface area (Å²) in [5, 5.41) is 5.54. The third-order valence-electron chi connectivity index (χ3n) is 1.45. The highest BCUT2D eigenvalue weighted by Gasteiger charge is 2.00. The van der Waals surface area contributed by atoms with Crippen LogP contribution in [0.2, 0.25) is 0 Å². The zero-order chi connectivity index (χ0) is 9.52. The zero-order valence-electron chi connectivity index (χ0n) is 7.45. The van der Waals surface area contributed by atoms with Crippen LogP contribution in [0.3, 0.4) is 0 Å². The van der Waals surface area contributed by atoms with Gasteiger partial charge in [-0.05, 0) is 13.1 Å². The molecule has 0 aliphatic carbocycles. The van der Waals surface area contributed by atoms with E-state index < -0.39 is 0 Å². The maximum Gasteiger partial charge on any atom is 0.226 e. The maximum atomic E-state index is 11.2. The van der Waals surface area contributed by atoms with Crippen LogP contribution in [0.25, 0.3) is 0 Å². The summed E-state index contributed by atoms with van der Waals surface area (Å²) in [6.45, 7) is 0.664. The van der Waals surface area contributed by atoms with Crippen LogP contribution in [0.4, 0.5) is 5.82 Å². The summed E-state index contributed by atoms with van der Waals surface area (Å²) in [6.07, 6.45) is 3.43. The molecule has 70 valence electrons. The second-order valence-electron chi connectivity index (χ2n) is 2.50. The molecule has 1 amide bonds. The molecule has 0 unspecified atom stereocenters. The molecule has 5 nitrogen and oxygen atoms in total. The van der Waals surface area contributed by atoms with E-state index in [2.05, 4.69) is 20.6 Å². The fraction of sp³-hybridized carbons (Fsp3) is 0.375. The van der Waals surface area contributed by atoms with Crippen molar-refractivity contribution in [2.75, 3.05) is 18.9 Å². The van der Waals surface area contributed by atoms with Gasteiger partial charge in [0.15, 0.2) is 0 Å². The van der Waals surface area contributed by atoms with Gasteiger partial charge in [0, 0.05) is 19.2 Å². The van der Waals surface area contributed by atoms with Crippen molar-refractivity contribution < 1.29 is 4.79 Å². The van der Waals surface area contributed by atoms with Gasteiger partial charge in [0.25, 0.3) is 0 Å². The Morgan fingerprint density at radius 1 is 1.62 bits per heavy atom. The molecule has 2 N–H and O–H groups in total. The SMILES string of the molecule is CNCCC(=O)Nc1ccncn1. The Morgan fingerprint density at radius 3 is 3.08 bits per heavy atom. The van der Waals surface area contributed by atoms with Gasteiger partial charge in [-0.1, -0.05) is 0 Å². The molecule has 0 fully saturated rings. The minimum atomic E-state index is -0.0481. The van der Waals surface area contributed by atoms with E-state index in [0.29, 0.717) is 18.8 Å². The Morgan fingerprint density at radius 2 is 2.46 bits per heavy atom. The van der Waals surface area contributed by atoms with E-state index in [4.69, 9.17) is 0 Å². The molecule has 5 heteroatoms. The molecule has 0 aromatic carbocycles. The Bertz CT molecular complexity index is 262. The summed E-state index contributed by atoms with van der Waals surface area (Å²) in [4.78, 5) is 18.8. The van der Waals surface area contributed by atoms with Gasteiger partial charge in [0.2, 0.25) is 5.91 Å². The third-order valence-corrected chi connectivity index (χ3v) is 1.45. The molecule has 13 heavy (non-hydrogen) atoms. The number of hydrogen-bond donors (Lipinski definition) is 2. The normalized spacial score (nSPS) is 9.62. The van der Waals surface area contributed by atoms with Gasteiger partial charge < -0.3 is 10.6 Å². The summed E-state index contributed by atoms with van der Waals surface area (Å²) < 4.78 is 0. The van der Waals surface area contributed by atoms with Crippen LogP contribution in [0, 0.1) is 0 Å². The second-order valence-corrected chi connectivity index (χ2v) is 2.50. The predicted molar refractivity (Wildman–Crippen MR) is 49.2 cm³/mol. The molecule has 0 radical (unpaired) electrons. The standard InChI is InChI=1S/C8H12N4O/c1-9-4-3-8(13)12-7-2-5-10-6-11-7/h2,5-6,9H,3-4H2,1H3,(H,10,11,12,13). The van der Waals surface area contributed by atoms with Crippen LogP contribution >= 0.6 is 0 Å². The van der Waals surface area contributed by atoms with Gasteiger partial charge in [-0.15, -0.1) is 0 Å². The number of anilines is 1. The first kappa shape index (κ1) is 9.60. The average molecular weight is 180 g/mol. The number of aromatic nitrogens is 2. The molecule has 1 rings (SSSR count). The number of hydrogen-bond acceptors (Lipinski definition) is 4. The van der Waals surface area contributed by atoms with E-state index in [1.54, 1.807) is 19.3 Å². The molecule has 0 atom stereocenters. The zero-order valence-corrected chi connectivity index (χ0v) is 7.45. The van der Waals surface area contributed by atoms with Crippen molar-refractivity contribution in [3.05, 3.63) is 18.6 Å². The first-order valence-corrected chi connectivity index (χ1v) is 4.03. The summed E-state index contributed by atoms with van der Waals surface area (Å²) in [6, 6.07) is 1.65. The molecular formula is C8H12N4O. The summed E-state index contributed by atoms with van der Waals surface area (Å²) in [7, 11) is 1.80. The van der Waals surface area contributed by atoms with Crippen LogP contribution in [0.5, 0.6) is 0 Å². The predicted octanol–water partition coefficient (Wildman–Crippen LogP) is 0.0246. The van der Waals surface area contributed by atoms with E-state index in [1.165, 1.54) is 6.33 Å². The molecule has 0 saturated heterocycles. The highest BCUT2D eigenvalue weighted by Crippen LogP contribution is 1.98. The Hall–Kier alpha value is -1.49. The molecular weight excluding hydrogens is 168 g/mol. The molecule has 1 heterocycles. The number of carbonyl (C=O) groups is 1. The monoisotopic (exact) mass is 180 g/mol. The van der Waals surface area contributed by atoms with Crippen molar-refractivity contribution in [3.8, 4) is 0 Å². The quantitative estimate of drug-likeness (QED) is 0.685. The van der Waals surface area contributed by atoms with E-state index >= 15 is 0 Å². The van der Waals surface area contributed by atoms with Gasteiger partial charge in [0.1, 0.15) is 12.1 Å². The lowest BCUT2D eigenvalue weighted by molar-refractivity contribution is -0.116. The number of nitrogens with zero attached hydrogens (tertiary/aromatic N) is 2. The molecule has 0 aliphatic heterocycles. The molecule has 1 aromatic rings. The average Bonchev–Trinajstić information content (AvgIpc) is 2.16. The number of amides is 1. The fourth-order valence-electron chi connectivity index (χ4n) is 0.809. The van der Waals surface area contributed by atoms with E-state index in [9.17, 15) is 4.79 Å². The fourth-order valence-corrected chi connectivity index (χ4v) is 0.809. The smallest absolute Gasteiger partial charge is 0.226 e. The topological polar surface area (TPSA) is 66.9 Å². The Labute approximate surface area is 76.6 Å². The van der Waals surface area contributed by atoms with Crippen LogP contribution in [0.1, 0.15) is 6.42 Å². The lowest BCUT2D eigenvalue weighted by Crippen LogP contribution is -2.19. The van der Waals surface area contributed by atoms with Crippen molar-refractivity contribution in [1.29, 1.82) is 0 Å². The third kappa shape index (κ3) is 3.62. The summed E-state index contributed by atoms with van der Waals surface area (Å²) in [5.74, 6) is 0.490. The molecule has 0 aliphatic rings. The number of carbonyl (C=O) groups excluding carboxylic acids is 1. The van der Waals surface area contributed by atoms with Crippen LogP contribution in [-0.4, -0.2) is 29.5 Å². The van der Waals surface area contributed by atoms with Crippen LogP contribution in [-0.2, 0) is 4.79 Å². The second kappa shape index (κ2) is 5.21. The van der Waals surface area contributed by atoms with Gasteiger partial charge >= 0.3 is 0 Å². The van der Waals surface area contributed by atoms with Crippen molar-refractivity contribution in [2.24, 2.45) is 0 Å². The van der Waals surface area contributed by atoms with Crippen LogP contribution < -0.4 is 10.6 Å². The first-order valence-electron chi connectivity index (χ1n) is 4.03. The summed E-state index contributed by atoms with van der Waals surface area (Å²) >= 11 is 0. The van der Waals surface area contributed by atoms with Gasteiger partial charge in [-0.25, -0.2) is 9.97 Å². The number of rotatable bonds is 4. The minimum absolute atomic E-state index is 0.0481. The van der Waals surface area contributed by atoms with Crippen molar-refractivity contribution in [1.82, 2.24) is 15.3 Å². The van der Waals surface area contributed by atoms with Crippen molar-refractivity contribution in [3.63, 3.8) is 0 Å². The van der Waals surface area contributed by atoms with Crippen LogP contribution in [0.15, 0.2) is 18.6 Å². The highest BCUT2D eigenvalue weighted by molar-refractivity contribution is 5.89. The van der Waals surface area contributed by atoms with Crippen molar-refractivity contribution >= 4 is 11.7 Å². The highest BCUT2D eigenvalue weighted by atomic mass is 16.1. The van der Waals surface area contributed by atoms with Gasteiger partial charge in [-0.3, -0.25) is 4.79 Å². The molecule has 0 bridgehead atoms. The molecule has 1 aromatic heterocycles.